The van der Waals surface area contributed by atoms with Crippen LogP contribution in [0.25, 0.3) is 0 Å². The van der Waals surface area contributed by atoms with Gasteiger partial charge in [-0.25, -0.2) is 4.79 Å². The molecule has 12 heavy (non-hydrogen) atoms. The van der Waals surface area contributed by atoms with Crippen LogP contribution in [-0.2, 0) is 14.3 Å². The van der Waals surface area contributed by atoms with Crippen LogP contribution in [-0.4, -0.2) is 24.8 Å². The molecule has 2 fully saturated rings. The number of hydrogen-bond donors (Lipinski definition) is 0. The van der Waals surface area contributed by atoms with Gasteiger partial charge in [0.05, 0.1) is 0 Å². The highest BCUT2D eigenvalue weighted by molar-refractivity contribution is 5.78. The van der Waals surface area contributed by atoms with Gasteiger partial charge in [-0.05, 0) is 6.42 Å². The number of hydrogen-bond acceptors (Lipinski definition) is 3. The predicted molar refractivity (Wildman–Crippen MR) is 42.5 cm³/mol. The second kappa shape index (κ2) is 2.90. The maximum absolute atomic E-state index is 11.2. The summed E-state index contributed by atoms with van der Waals surface area (Å²) in [5, 5.41) is 0. The van der Waals surface area contributed by atoms with Crippen LogP contribution in [0.2, 0.25) is 0 Å². The van der Waals surface area contributed by atoms with Gasteiger partial charge in [-0.2, -0.15) is 0 Å². The first-order valence-corrected chi connectivity index (χ1v) is 4.26. The van der Waals surface area contributed by atoms with Gasteiger partial charge in [0.25, 0.3) is 0 Å². The third kappa shape index (κ3) is 1.05. The predicted octanol–water partition coefficient (Wildman–Crippen LogP) is 0.893. The van der Waals surface area contributed by atoms with Gasteiger partial charge in [0.2, 0.25) is 0 Å². The van der Waals surface area contributed by atoms with Crippen molar-refractivity contribution in [1.29, 1.82) is 0 Å². The van der Waals surface area contributed by atoms with Gasteiger partial charge >= 0.3 is 5.97 Å². The Morgan fingerprint density at radius 2 is 2.50 bits per heavy atom. The summed E-state index contributed by atoms with van der Waals surface area (Å²) in [6.45, 7) is 4.32. The van der Waals surface area contributed by atoms with E-state index < -0.39 is 0 Å². The molecule has 0 aromatic carbocycles. The van der Waals surface area contributed by atoms with Gasteiger partial charge in [-0.1, -0.05) is 6.08 Å². The van der Waals surface area contributed by atoms with E-state index in [0.717, 1.165) is 12.8 Å². The van der Waals surface area contributed by atoms with Crippen molar-refractivity contribution in [2.24, 2.45) is 5.92 Å². The van der Waals surface area contributed by atoms with Gasteiger partial charge in [-0.15, -0.1) is 6.58 Å². The Balaban J connectivity index is 2.09. The summed E-state index contributed by atoms with van der Waals surface area (Å²) >= 11 is 0. The fraction of sp³-hybridized carbons (Fsp3) is 0.667. The van der Waals surface area contributed by atoms with E-state index in [1.54, 1.807) is 6.08 Å². The highest BCUT2D eigenvalue weighted by Gasteiger charge is 2.47. The number of cyclic esters (lactones) is 1. The third-order valence-corrected chi connectivity index (χ3v) is 2.51. The molecule has 0 radical (unpaired) electrons. The van der Waals surface area contributed by atoms with E-state index in [9.17, 15) is 4.79 Å². The third-order valence-electron chi connectivity index (χ3n) is 2.51. The fourth-order valence-electron chi connectivity index (χ4n) is 1.92. The largest absolute Gasteiger partial charge is 0.460 e. The lowest BCUT2D eigenvalue weighted by atomic mass is 9.96. The Morgan fingerprint density at radius 3 is 3.25 bits per heavy atom. The number of rotatable bonds is 2. The van der Waals surface area contributed by atoms with Gasteiger partial charge < -0.3 is 9.47 Å². The lowest BCUT2D eigenvalue weighted by Crippen LogP contribution is -2.20. The normalized spacial score (nSPS) is 39.3. The number of carbonyl (C=O) groups is 1. The Labute approximate surface area is 71.3 Å². The van der Waals surface area contributed by atoms with Crippen molar-refractivity contribution < 1.29 is 14.3 Å². The number of ether oxygens (including phenoxy) is 2. The standard InChI is InChI=1S/C9H12O3/c1-2-3-7-6-4-5-11-8(6)9(10)12-7/h2,6-8H,1,3-5H2/t6-,7+,8-/m1/s1. The molecule has 0 aromatic heterocycles. The van der Waals surface area contributed by atoms with E-state index in [4.69, 9.17) is 9.47 Å². The molecule has 2 heterocycles. The minimum Gasteiger partial charge on any atom is -0.460 e. The monoisotopic (exact) mass is 168 g/mol. The molecule has 3 heteroatoms. The summed E-state index contributed by atoms with van der Waals surface area (Å²) in [6.07, 6.45) is 3.21. The van der Waals surface area contributed by atoms with E-state index in [1.807, 2.05) is 0 Å². The number of fused-ring (bicyclic) bond motifs is 1. The first-order chi connectivity index (χ1) is 5.83. The minimum atomic E-state index is -0.282. The number of esters is 1. The Morgan fingerprint density at radius 1 is 1.67 bits per heavy atom. The topological polar surface area (TPSA) is 35.5 Å². The lowest BCUT2D eigenvalue weighted by Gasteiger charge is -2.11. The molecule has 2 aliphatic rings. The molecule has 0 aromatic rings. The quantitative estimate of drug-likeness (QED) is 0.454. The van der Waals surface area contributed by atoms with Crippen LogP contribution in [0.4, 0.5) is 0 Å². The first-order valence-electron chi connectivity index (χ1n) is 4.26. The van der Waals surface area contributed by atoms with Gasteiger partial charge in [0.15, 0.2) is 6.10 Å². The average Bonchev–Trinajstić information content (AvgIpc) is 2.58. The van der Waals surface area contributed by atoms with E-state index in [0.29, 0.717) is 6.61 Å². The van der Waals surface area contributed by atoms with Crippen LogP contribution in [0.15, 0.2) is 12.7 Å². The van der Waals surface area contributed by atoms with Crippen molar-refractivity contribution in [2.75, 3.05) is 6.61 Å². The van der Waals surface area contributed by atoms with E-state index in [1.165, 1.54) is 0 Å². The van der Waals surface area contributed by atoms with E-state index in [2.05, 4.69) is 6.58 Å². The summed E-state index contributed by atoms with van der Waals surface area (Å²) < 4.78 is 10.4. The summed E-state index contributed by atoms with van der Waals surface area (Å²) in [5.41, 5.74) is 0. The van der Waals surface area contributed by atoms with Crippen molar-refractivity contribution in [3.8, 4) is 0 Å². The molecule has 2 aliphatic heterocycles. The Bertz CT molecular complexity index is 212. The molecule has 66 valence electrons. The second-order valence-corrected chi connectivity index (χ2v) is 3.24. The zero-order valence-electron chi connectivity index (χ0n) is 6.86. The molecule has 0 saturated carbocycles. The molecule has 3 atom stereocenters. The summed E-state index contributed by atoms with van der Waals surface area (Å²) in [6, 6.07) is 0. The molecule has 0 N–H and O–H groups in total. The molecule has 3 nitrogen and oxygen atoms in total. The molecule has 2 saturated heterocycles. The molecule has 0 bridgehead atoms. The molecular weight excluding hydrogens is 156 g/mol. The highest BCUT2D eigenvalue weighted by atomic mass is 16.6. The van der Waals surface area contributed by atoms with Crippen LogP contribution >= 0.6 is 0 Å². The SMILES string of the molecule is C=CC[C@@H]1OC(=O)[C@@H]2OCC[C@H]12. The Hall–Kier alpha value is -0.830. The van der Waals surface area contributed by atoms with Crippen LogP contribution in [0, 0.1) is 5.92 Å². The minimum absolute atomic E-state index is 0.0162. The van der Waals surface area contributed by atoms with Crippen LogP contribution in [0.3, 0.4) is 0 Å². The highest BCUT2D eigenvalue weighted by Crippen LogP contribution is 2.34. The summed E-state index contributed by atoms with van der Waals surface area (Å²) in [4.78, 5) is 11.2. The fourth-order valence-corrected chi connectivity index (χ4v) is 1.92. The average molecular weight is 168 g/mol. The van der Waals surface area contributed by atoms with Gasteiger partial charge in [0.1, 0.15) is 6.10 Å². The first kappa shape index (κ1) is 7.80. The maximum atomic E-state index is 11.2. The lowest BCUT2D eigenvalue weighted by molar-refractivity contribution is -0.149. The zero-order valence-corrected chi connectivity index (χ0v) is 6.86. The summed E-state index contributed by atoms with van der Waals surface area (Å²) in [7, 11) is 0. The molecule has 0 aliphatic carbocycles. The van der Waals surface area contributed by atoms with Crippen LogP contribution in [0.1, 0.15) is 12.8 Å². The van der Waals surface area contributed by atoms with Crippen LogP contribution < -0.4 is 0 Å². The molecular formula is C9H12O3. The molecule has 0 unspecified atom stereocenters. The van der Waals surface area contributed by atoms with E-state index >= 15 is 0 Å². The van der Waals surface area contributed by atoms with Crippen molar-refractivity contribution in [1.82, 2.24) is 0 Å². The molecule has 0 amide bonds. The van der Waals surface area contributed by atoms with Gasteiger partial charge in [-0.3, -0.25) is 0 Å². The van der Waals surface area contributed by atoms with E-state index in [-0.39, 0.29) is 24.1 Å². The molecule has 0 spiro atoms. The second-order valence-electron chi connectivity index (χ2n) is 3.24. The maximum Gasteiger partial charge on any atom is 0.335 e. The van der Waals surface area contributed by atoms with Crippen LogP contribution in [0.5, 0.6) is 0 Å². The van der Waals surface area contributed by atoms with Gasteiger partial charge in [0, 0.05) is 18.9 Å². The molecule has 2 rings (SSSR count). The Kier molecular flexibility index (Phi) is 1.89. The van der Waals surface area contributed by atoms with Crippen molar-refractivity contribution in [3.05, 3.63) is 12.7 Å². The van der Waals surface area contributed by atoms with Crippen molar-refractivity contribution in [2.45, 2.75) is 25.0 Å². The number of carbonyl (C=O) groups excluding carboxylic acids is 1. The zero-order chi connectivity index (χ0) is 8.55. The summed E-state index contributed by atoms with van der Waals surface area (Å²) in [5.74, 6) is 0.0832. The van der Waals surface area contributed by atoms with Crippen molar-refractivity contribution in [3.63, 3.8) is 0 Å². The smallest absolute Gasteiger partial charge is 0.335 e. The van der Waals surface area contributed by atoms with Crippen molar-refractivity contribution >= 4 is 5.97 Å².